The molecule has 6 nitrogen and oxygen atoms in total. The molecule has 0 saturated heterocycles. The highest BCUT2D eigenvalue weighted by atomic mass is 35.5. The van der Waals surface area contributed by atoms with Crippen LogP contribution in [0.4, 0.5) is 5.82 Å². The Hall–Kier alpha value is -3.90. The van der Waals surface area contributed by atoms with E-state index in [0.29, 0.717) is 28.8 Å². The number of amides is 2. The Bertz CT molecular complexity index is 1390. The Kier molecular flexibility index (Phi) is 7.37. The number of rotatable bonds is 9. The smallest absolute Gasteiger partial charge is 0.245 e. The Morgan fingerprint density at radius 1 is 1.00 bits per heavy atom. The minimum absolute atomic E-state index is 0.0148. The minimum Gasteiger partial charge on any atom is -0.333 e. The summed E-state index contributed by atoms with van der Waals surface area (Å²) in [5.41, 5.74) is 3.47. The van der Waals surface area contributed by atoms with Crippen LogP contribution in [0.3, 0.4) is 0 Å². The predicted octanol–water partition coefficient (Wildman–Crippen LogP) is 6.17. The Balaban J connectivity index is 1.35. The van der Waals surface area contributed by atoms with Gasteiger partial charge >= 0.3 is 0 Å². The molecule has 2 unspecified atom stereocenters. The van der Waals surface area contributed by atoms with Crippen molar-refractivity contribution in [3.05, 3.63) is 102 Å². The van der Waals surface area contributed by atoms with Crippen molar-refractivity contribution in [2.45, 2.75) is 25.7 Å². The van der Waals surface area contributed by atoms with Crippen LogP contribution in [0.2, 0.25) is 5.02 Å². The van der Waals surface area contributed by atoms with Gasteiger partial charge in [0.25, 0.3) is 0 Å². The van der Waals surface area contributed by atoms with Crippen LogP contribution in [0, 0.1) is 5.92 Å². The summed E-state index contributed by atoms with van der Waals surface area (Å²) >= 11 is 6.47. The maximum absolute atomic E-state index is 13.3. The molecular weight excluding hydrogens is 484 g/mol. The summed E-state index contributed by atoms with van der Waals surface area (Å²) in [6.07, 6.45) is 1.60. The summed E-state index contributed by atoms with van der Waals surface area (Å²) in [5.74, 6) is 0.419. The average Bonchev–Trinajstić information content (AvgIpc) is 3.63. The zero-order valence-electron chi connectivity index (χ0n) is 20.7. The van der Waals surface area contributed by atoms with Gasteiger partial charge in [-0.3, -0.25) is 9.59 Å². The molecule has 37 heavy (non-hydrogen) atoms. The van der Waals surface area contributed by atoms with E-state index in [1.807, 2.05) is 79.7 Å². The second-order valence-corrected chi connectivity index (χ2v) is 9.72. The van der Waals surface area contributed by atoms with E-state index in [2.05, 4.69) is 17.4 Å². The van der Waals surface area contributed by atoms with E-state index in [1.165, 1.54) is 5.56 Å². The second kappa shape index (κ2) is 11.0. The number of halogens is 1. The Morgan fingerprint density at radius 2 is 1.68 bits per heavy atom. The van der Waals surface area contributed by atoms with E-state index in [-0.39, 0.29) is 30.2 Å². The number of nitrogens with one attached hydrogen (secondary N) is 1. The fraction of sp³-hybridized carbons (Fsp3) is 0.233. The van der Waals surface area contributed by atoms with Crippen LogP contribution >= 0.6 is 11.6 Å². The third kappa shape index (κ3) is 5.59. The van der Waals surface area contributed by atoms with Gasteiger partial charge in [0.2, 0.25) is 11.8 Å². The molecular formula is C30H29ClN4O2. The van der Waals surface area contributed by atoms with Gasteiger partial charge in [0, 0.05) is 24.1 Å². The first-order valence-electron chi connectivity index (χ1n) is 12.6. The highest BCUT2D eigenvalue weighted by molar-refractivity contribution is 6.32. The summed E-state index contributed by atoms with van der Waals surface area (Å²) in [6, 6.07) is 29.0. The van der Waals surface area contributed by atoms with E-state index >= 15 is 0 Å². The van der Waals surface area contributed by atoms with Gasteiger partial charge in [0.15, 0.2) is 0 Å². The lowest BCUT2D eigenvalue weighted by Gasteiger charge is -2.22. The van der Waals surface area contributed by atoms with Crippen LogP contribution in [0.1, 0.15) is 31.2 Å². The summed E-state index contributed by atoms with van der Waals surface area (Å²) in [7, 11) is 0. The lowest BCUT2D eigenvalue weighted by atomic mass is 10.1. The van der Waals surface area contributed by atoms with E-state index in [0.717, 1.165) is 18.4 Å². The summed E-state index contributed by atoms with van der Waals surface area (Å²) in [4.78, 5) is 28.2. The molecule has 4 aromatic rings. The average molecular weight is 513 g/mol. The number of benzene rings is 3. The minimum atomic E-state index is -0.272. The van der Waals surface area contributed by atoms with E-state index in [1.54, 1.807) is 15.6 Å². The third-order valence-corrected chi connectivity index (χ3v) is 6.92. The highest BCUT2D eigenvalue weighted by Gasteiger charge is 2.45. The molecule has 1 aliphatic carbocycles. The highest BCUT2D eigenvalue weighted by Crippen LogP contribution is 2.48. The monoisotopic (exact) mass is 512 g/mol. The molecule has 1 fully saturated rings. The molecule has 3 aromatic carbocycles. The van der Waals surface area contributed by atoms with Crippen molar-refractivity contribution in [2.24, 2.45) is 5.92 Å². The molecule has 2 atom stereocenters. The largest absolute Gasteiger partial charge is 0.333 e. The first kappa shape index (κ1) is 24.8. The van der Waals surface area contributed by atoms with Gasteiger partial charge < -0.3 is 10.2 Å². The number of aromatic nitrogens is 2. The summed E-state index contributed by atoms with van der Waals surface area (Å²) in [6.45, 7) is 2.53. The molecule has 1 aromatic heterocycles. The van der Waals surface area contributed by atoms with Crippen molar-refractivity contribution in [1.29, 1.82) is 0 Å². The van der Waals surface area contributed by atoms with Gasteiger partial charge in [-0.25, -0.2) is 4.68 Å². The van der Waals surface area contributed by atoms with E-state index in [4.69, 9.17) is 16.7 Å². The van der Waals surface area contributed by atoms with Gasteiger partial charge in [0.05, 0.1) is 22.9 Å². The zero-order chi connectivity index (χ0) is 25.8. The van der Waals surface area contributed by atoms with Gasteiger partial charge in [0.1, 0.15) is 5.82 Å². The quantitative estimate of drug-likeness (QED) is 0.291. The molecule has 0 spiro atoms. The lowest BCUT2D eigenvalue weighted by molar-refractivity contribution is -0.136. The fourth-order valence-electron chi connectivity index (χ4n) is 4.69. The Morgan fingerprint density at radius 3 is 2.38 bits per heavy atom. The molecule has 7 heteroatoms. The van der Waals surface area contributed by atoms with E-state index in [9.17, 15) is 9.59 Å². The molecule has 0 radical (unpaired) electrons. The fourth-order valence-corrected chi connectivity index (χ4v) is 4.91. The summed E-state index contributed by atoms with van der Waals surface area (Å²) in [5, 5.41) is 8.23. The number of carbonyl (C=O) groups is 2. The lowest BCUT2D eigenvalue weighted by Crippen LogP contribution is -2.39. The van der Waals surface area contributed by atoms with Gasteiger partial charge in [-0.15, -0.1) is 0 Å². The SMILES string of the molecule is CCCN(CC(=O)Nc1cc(-c2ccccc2)nn1-c1ccccc1Cl)C(=O)C1CC1c1ccccc1. The van der Waals surface area contributed by atoms with Crippen LogP contribution in [0.25, 0.3) is 16.9 Å². The molecule has 1 saturated carbocycles. The zero-order valence-corrected chi connectivity index (χ0v) is 21.4. The first-order chi connectivity index (χ1) is 18.0. The topological polar surface area (TPSA) is 67.2 Å². The van der Waals surface area contributed by atoms with Crippen LogP contribution < -0.4 is 5.32 Å². The second-order valence-electron chi connectivity index (χ2n) is 9.31. The number of hydrogen-bond donors (Lipinski definition) is 1. The maximum atomic E-state index is 13.3. The standard InChI is InChI=1S/C30H29ClN4O2/c1-2-17-34(30(37)24-18-23(24)21-11-5-3-6-12-21)20-29(36)32-28-19-26(22-13-7-4-8-14-22)33-35(28)27-16-10-9-15-25(27)31/h3-16,19,23-24H,2,17-18,20H2,1H3,(H,32,36). The molecule has 188 valence electrons. The number of para-hydroxylation sites is 1. The summed E-state index contributed by atoms with van der Waals surface area (Å²) < 4.78 is 1.64. The van der Waals surface area contributed by atoms with Crippen LogP contribution in [0.15, 0.2) is 91.0 Å². The van der Waals surface area contributed by atoms with Crippen LogP contribution in [0.5, 0.6) is 0 Å². The van der Waals surface area contributed by atoms with E-state index < -0.39 is 0 Å². The van der Waals surface area contributed by atoms with Crippen molar-refractivity contribution < 1.29 is 9.59 Å². The van der Waals surface area contributed by atoms with Crippen LogP contribution in [-0.4, -0.2) is 39.6 Å². The first-order valence-corrected chi connectivity index (χ1v) is 13.0. The molecule has 0 bridgehead atoms. The van der Waals surface area contributed by atoms with Gasteiger partial charge in [-0.1, -0.05) is 91.3 Å². The molecule has 5 rings (SSSR count). The molecule has 1 N–H and O–H groups in total. The number of anilines is 1. The van der Waals surface area contributed by atoms with Gasteiger partial charge in [-0.2, -0.15) is 5.10 Å². The number of carbonyl (C=O) groups excluding carboxylic acids is 2. The van der Waals surface area contributed by atoms with Crippen LogP contribution in [-0.2, 0) is 9.59 Å². The number of nitrogens with zero attached hydrogens (tertiary/aromatic N) is 3. The van der Waals surface area contributed by atoms with Crippen molar-refractivity contribution in [2.75, 3.05) is 18.4 Å². The molecule has 1 heterocycles. The predicted molar refractivity (Wildman–Crippen MR) is 147 cm³/mol. The van der Waals surface area contributed by atoms with Crippen molar-refractivity contribution in [3.63, 3.8) is 0 Å². The molecule has 1 aliphatic rings. The third-order valence-electron chi connectivity index (χ3n) is 6.60. The van der Waals surface area contributed by atoms with Crippen molar-refractivity contribution >= 4 is 29.2 Å². The number of hydrogen-bond acceptors (Lipinski definition) is 3. The normalized spacial score (nSPS) is 16.3. The van der Waals surface area contributed by atoms with Crippen molar-refractivity contribution in [1.82, 2.24) is 14.7 Å². The molecule has 0 aliphatic heterocycles. The molecule has 2 amide bonds. The van der Waals surface area contributed by atoms with Crippen molar-refractivity contribution in [3.8, 4) is 16.9 Å². The van der Waals surface area contributed by atoms with Gasteiger partial charge in [-0.05, 0) is 36.5 Å². The Labute approximate surface area is 221 Å². The maximum Gasteiger partial charge on any atom is 0.245 e.